The lowest BCUT2D eigenvalue weighted by Gasteiger charge is -2.37. The summed E-state index contributed by atoms with van der Waals surface area (Å²) in [4.78, 5) is 27.0. The fourth-order valence-electron chi connectivity index (χ4n) is 5.57. The smallest absolute Gasteiger partial charge is 0.238 e. The van der Waals surface area contributed by atoms with Crippen molar-refractivity contribution in [2.24, 2.45) is 5.73 Å². The fourth-order valence-corrected chi connectivity index (χ4v) is 5.57. The molecule has 9 heteroatoms. The third-order valence-electron chi connectivity index (χ3n) is 7.48. The zero-order chi connectivity index (χ0) is 28.8. The van der Waals surface area contributed by atoms with Gasteiger partial charge < -0.3 is 22.1 Å². The molecule has 0 aromatic heterocycles. The molecule has 2 unspecified atom stereocenters. The van der Waals surface area contributed by atoms with Crippen LogP contribution in [0.2, 0.25) is 0 Å². The lowest BCUT2D eigenvalue weighted by Crippen LogP contribution is -2.61. The Bertz CT molecular complexity index is 1260. The van der Waals surface area contributed by atoms with E-state index in [0.717, 1.165) is 47.2 Å². The molecule has 1 heterocycles. The van der Waals surface area contributed by atoms with Gasteiger partial charge in [-0.1, -0.05) is 30.7 Å². The van der Waals surface area contributed by atoms with Gasteiger partial charge in [-0.25, -0.2) is 8.78 Å². The van der Waals surface area contributed by atoms with E-state index in [2.05, 4.69) is 10.6 Å². The topological polar surface area (TPSA) is 113 Å². The Morgan fingerprint density at radius 2 is 1.52 bits per heavy atom. The number of hydrogen-bond acceptors (Lipinski definition) is 5. The van der Waals surface area contributed by atoms with Crippen molar-refractivity contribution in [3.63, 3.8) is 0 Å². The van der Waals surface area contributed by atoms with Gasteiger partial charge in [-0.2, -0.15) is 0 Å². The molecule has 3 aromatic rings. The number of nitrogens with one attached hydrogen (secondary N) is 2. The van der Waals surface area contributed by atoms with Crippen molar-refractivity contribution in [1.82, 2.24) is 10.2 Å². The minimum Gasteiger partial charge on any atom is -0.399 e. The van der Waals surface area contributed by atoms with Crippen LogP contribution in [-0.2, 0) is 9.59 Å². The van der Waals surface area contributed by atoms with Crippen LogP contribution in [0.15, 0.2) is 60.7 Å². The maximum absolute atomic E-state index is 13.6. The SMILES string of the molecule is Cc1cc(N)cc(C)c1NC(=O)CN1CC(CCCC(c2ccc(F)cc2)c2ccc(F)cc2)NC(C(N)=O)C1. The van der Waals surface area contributed by atoms with E-state index in [0.29, 0.717) is 18.8 Å². The van der Waals surface area contributed by atoms with E-state index in [-0.39, 0.29) is 36.0 Å². The maximum Gasteiger partial charge on any atom is 0.238 e. The lowest BCUT2D eigenvalue weighted by molar-refractivity contribution is -0.123. The van der Waals surface area contributed by atoms with E-state index in [9.17, 15) is 18.4 Å². The Balaban J connectivity index is 1.40. The van der Waals surface area contributed by atoms with Crippen molar-refractivity contribution >= 4 is 23.2 Å². The molecule has 0 saturated carbocycles. The number of nitrogen functional groups attached to an aromatic ring is 1. The lowest BCUT2D eigenvalue weighted by atomic mass is 9.86. The highest BCUT2D eigenvalue weighted by Gasteiger charge is 2.31. The third kappa shape index (κ3) is 7.64. The highest BCUT2D eigenvalue weighted by molar-refractivity contribution is 5.94. The molecular formula is C31H37F2N5O2. The number of anilines is 2. The van der Waals surface area contributed by atoms with E-state index in [1.165, 1.54) is 24.3 Å². The largest absolute Gasteiger partial charge is 0.399 e. The highest BCUT2D eigenvalue weighted by Crippen LogP contribution is 2.31. The van der Waals surface area contributed by atoms with Crippen LogP contribution in [-0.4, -0.2) is 48.4 Å². The standard InChI is InChI=1S/C31H37F2N5O2/c1-19-14-25(34)15-20(2)30(19)37-29(39)18-38-16-26(36-28(17-38)31(35)40)4-3-5-27(21-6-10-23(32)11-7-21)22-8-12-24(33)13-9-22/h6-15,26-28,36H,3-5,16-18,34H2,1-2H3,(H2,35,40)(H,37,39). The zero-order valence-corrected chi connectivity index (χ0v) is 22.9. The van der Waals surface area contributed by atoms with Crippen molar-refractivity contribution in [2.75, 3.05) is 30.7 Å². The van der Waals surface area contributed by atoms with Crippen molar-refractivity contribution in [3.05, 3.63) is 94.6 Å². The number of amides is 2. The average Bonchev–Trinajstić information content (AvgIpc) is 2.90. The number of rotatable bonds is 10. The molecule has 0 radical (unpaired) electrons. The molecule has 1 saturated heterocycles. The van der Waals surface area contributed by atoms with Gasteiger partial charge in [0.1, 0.15) is 11.6 Å². The van der Waals surface area contributed by atoms with E-state index in [4.69, 9.17) is 11.5 Å². The molecule has 4 rings (SSSR count). The first-order valence-electron chi connectivity index (χ1n) is 13.5. The van der Waals surface area contributed by atoms with Crippen LogP contribution < -0.4 is 22.1 Å². The Hall–Kier alpha value is -3.82. The molecule has 0 bridgehead atoms. The van der Waals surface area contributed by atoms with Crippen LogP contribution >= 0.6 is 0 Å². The van der Waals surface area contributed by atoms with Crippen LogP contribution in [0.25, 0.3) is 0 Å². The van der Waals surface area contributed by atoms with Crippen LogP contribution in [0.4, 0.5) is 20.2 Å². The van der Waals surface area contributed by atoms with Crippen molar-refractivity contribution in [3.8, 4) is 0 Å². The van der Waals surface area contributed by atoms with Gasteiger partial charge in [0.2, 0.25) is 11.8 Å². The summed E-state index contributed by atoms with van der Waals surface area (Å²) in [5.74, 6) is -1.29. The molecule has 40 heavy (non-hydrogen) atoms. The Labute approximate surface area is 233 Å². The number of carbonyl (C=O) groups excluding carboxylic acids is 2. The first-order chi connectivity index (χ1) is 19.1. The Kier molecular flexibility index (Phi) is 9.50. The molecule has 212 valence electrons. The molecule has 0 spiro atoms. The van der Waals surface area contributed by atoms with Crippen molar-refractivity contribution in [2.45, 2.75) is 51.1 Å². The monoisotopic (exact) mass is 549 g/mol. The highest BCUT2D eigenvalue weighted by atomic mass is 19.1. The molecule has 3 aromatic carbocycles. The van der Waals surface area contributed by atoms with Crippen molar-refractivity contribution < 1.29 is 18.4 Å². The van der Waals surface area contributed by atoms with Crippen molar-refractivity contribution in [1.29, 1.82) is 0 Å². The van der Waals surface area contributed by atoms with Crippen LogP contribution in [0.1, 0.15) is 47.4 Å². The summed E-state index contributed by atoms with van der Waals surface area (Å²) >= 11 is 0. The summed E-state index contributed by atoms with van der Waals surface area (Å²) < 4.78 is 27.1. The van der Waals surface area contributed by atoms with Gasteiger partial charge in [0.25, 0.3) is 0 Å². The second-order valence-electron chi connectivity index (χ2n) is 10.7. The number of nitrogens with two attached hydrogens (primary N) is 2. The first-order valence-corrected chi connectivity index (χ1v) is 13.5. The normalized spacial score (nSPS) is 17.6. The van der Waals surface area contributed by atoms with Gasteiger partial charge in [0, 0.05) is 36.4 Å². The quantitative estimate of drug-likeness (QED) is 0.283. The van der Waals surface area contributed by atoms with Gasteiger partial charge in [-0.3, -0.25) is 14.5 Å². The van der Waals surface area contributed by atoms with E-state index in [1.807, 2.05) is 30.9 Å². The third-order valence-corrected chi connectivity index (χ3v) is 7.48. The molecule has 1 aliphatic heterocycles. The summed E-state index contributed by atoms with van der Waals surface area (Å²) in [6.07, 6.45) is 2.26. The molecule has 6 N–H and O–H groups in total. The van der Waals surface area contributed by atoms with E-state index < -0.39 is 11.9 Å². The summed E-state index contributed by atoms with van der Waals surface area (Å²) in [7, 11) is 0. The second-order valence-corrected chi connectivity index (χ2v) is 10.7. The van der Waals surface area contributed by atoms with E-state index >= 15 is 0 Å². The molecule has 2 amide bonds. The maximum atomic E-state index is 13.6. The summed E-state index contributed by atoms with van der Waals surface area (Å²) in [5, 5.41) is 6.33. The zero-order valence-electron chi connectivity index (χ0n) is 22.9. The number of carbonyl (C=O) groups is 2. The number of primary amides is 1. The molecule has 2 atom stereocenters. The Morgan fingerprint density at radius 3 is 2.05 bits per heavy atom. The predicted molar refractivity (Wildman–Crippen MR) is 154 cm³/mol. The van der Waals surface area contributed by atoms with E-state index in [1.54, 1.807) is 24.3 Å². The molecule has 0 aliphatic carbocycles. The van der Waals surface area contributed by atoms with Gasteiger partial charge in [-0.15, -0.1) is 0 Å². The number of aryl methyl sites for hydroxylation is 2. The first kappa shape index (κ1) is 29.2. The number of benzene rings is 3. The van der Waals surface area contributed by atoms with Crippen LogP contribution in [0.3, 0.4) is 0 Å². The molecular weight excluding hydrogens is 512 g/mol. The molecule has 1 aliphatic rings. The molecule has 7 nitrogen and oxygen atoms in total. The fraction of sp³-hybridized carbons (Fsp3) is 0.355. The summed E-state index contributed by atoms with van der Waals surface area (Å²) in [6, 6.07) is 15.8. The minimum absolute atomic E-state index is 0.0370. The minimum atomic E-state index is -0.573. The summed E-state index contributed by atoms with van der Waals surface area (Å²) in [5.41, 5.74) is 16.6. The van der Waals surface area contributed by atoms with Gasteiger partial charge >= 0.3 is 0 Å². The van der Waals surface area contributed by atoms with Gasteiger partial charge in [-0.05, 0) is 85.3 Å². The second kappa shape index (κ2) is 13.0. The Morgan fingerprint density at radius 1 is 0.975 bits per heavy atom. The number of halogens is 2. The van der Waals surface area contributed by atoms with Gasteiger partial charge in [0.05, 0.1) is 12.6 Å². The summed E-state index contributed by atoms with van der Waals surface area (Å²) in [6.45, 7) is 4.84. The number of piperazine rings is 1. The predicted octanol–water partition coefficient (Wildman–Crippen LogP) is 4.23. The van der Waals surface area contributed by atoms with Gasteiger partial charge in [0.15, 0.2) is 0 Å². The van der Waals surface area contributed by atoms with Crippen LogP contribution in [0, 0.1) is 25.5 Å². The average molecular weight is 550 g/mol. The van der Waals surface area contributed by atoms with Crippen LogP contribution in [0.5, 0.6) is 0 Å². The number of hydrogen-bond donors (Lipinski definition) is 4. The number of nitrogens with zero attached hydrogens (tertiary/aromatic N) is 1. The molecule has 1 fully saturated rings.